The lowest BCUT2D eigenvalue weighted by Crippen LogP contribution is -2.40. The lowest BCUT2D eigenvalue weighted by molar-refractivity contribution is -0.131. The van der Waals surface area contributed by atoms with Crippen molar-refractivity contribution < 1.29 is 18.7 Å². The van der Waals surface area contributed by atoms with Crippen LogP contribution in [0.2, 0.25) is 0 Å². The molecule has 0 spiro atoms. The number of likely N-dealkylation sites (tertiary alicyclic amines) is 1. The summed E-state index contributed by atoms with van der Waals surface area (Å²) in [5.41, 5.74) is 1.56. The standard InChI is InChI=1S/C21H20N4O4/c26-19(11-14-6-7-17-18(10-14)28-13-27-17)25-9-3-4-15(12-25)20-23-24-21(29-20)16-5-1-2-8-22-16/h1-2,5-8,10,15H,3-4,9,11-13H2/t15-/m1/s1. The average molecular weight is 392 g/mol. The Labute approximate surface area is 167 Å². The molecule has 0 aliphatic carbocycles. The number of aromatic nitrogens is 3. The summed E-state index contributed by atoms with van der Waals surface area (Å²) in [7, 11) is 0. The molecule has 1 aromatic carbocycles. The summed E-state index contributed by atoms with van der Waals surface area (Å²) in [6, 6.07) is 11.2. The lowest BCUT2D eigenvalue weighted by Gasteiger charge is -2.31. The third kappa shape index (κ3) is 3.65. The Morgan fingerprint density at radius 2 is 2.07 bits per heavy atom. The fraction of sp³-hybridized carbons (Fsp3) is 0.333. The minimum atomic E-state index is 0.0365. The molecule has 0 bridgehead atoms. The quantitative estimate of drug-likeness (QED) is 0.674. The van der Waals surface area contributed by atoms with Gasteiger partial charge in [-0.25, -0.2) is 0 Å². The first kappa shape index (κ1) is 17.7. The van der Waals surface area contributed by atoms with E-state index in [1.165, 1.54) is 0 Å². The van der Waals surface area contributed by atoms with Crippen LogP contribution in [0.3, 0.4) is 0 Å². The van der Waals surface area contributed by atoms with Crippen molar-refractivity contribution in [2.45, 2.75) is 25.2 Å². The molecule has 1 saturated heterocycles. The Morgan fingerprint density at radius 3 is 2.97 bits per heavy atom. The van der Waals surface area contributed by atoms with E-state index in [9.17, 15) is 4.79 Å². The second-order valence-electron chi connectivity index (χ2n) is 7.20. The number of fused-ring (bicyclic) bond motifs is 1. The number of carbonyl (C=O) groups is 1. The van der Waals surface area contributed by atoms with Gasteiger partial charge in [-0.15, -0.1) is 10.2 Å². The normalized spacial score (nSPS) is 18.1. The zero-order valence-corrected chi connectivity index (χ0v) is 15.8. The Balaban J connectivity index is 1.26. The molecule has 1 fully saturated rings. The third-order valence-corrected chi connectivity index (χ3v) is 5.24. The molecule has 8 nitrogen and oxygen atoms in total. The molecular formula is C21H20N4O4. The maximum atomic E-state index is 12.8. The van der Waals surface area contributed by atoms with Crippen molar-refractivity contribution in [3.63, 3.8) is 0 Å². The van der Waals surface area contributed by atoms with Crippen LogP contribution in [0.1, 0.15) is 30.2 Å². The Morgan fingerprint density at radius 1 is 1.14 bits per heavy atom. The molecule has 0 radical (unpaired) electrons. The second-order valence-corrected chi connectivity index (χ2v) is 7.20. The van der Waals surface area contributed by atoms with Crippen LogP contribution in [0.4, 0.5) is 0 Å². The van der Waals surface area contributed by atoms with Crippen molar-refractivity contribution in [1.82, 2.24) is 20.1 Å². The van der Waals surface area contributed by atoms with Crippen molar-refractivity contribution in [3.05, 3.63) is 54.0 Å². The number of hydrogen-bond donors (Lipinski definition) is 0. The SMILES string of the molecule is O=C(Cc1ccc2c(c1)OCO2)N1CCC[C@@H](c2nnc(-c3ccccn3)o2)C1. The van der Waals surface area contributed by atoms with Gasteiger partial charge in [-0.05, 0) is 42.7 Å². The zero-order valence-electron chi connectivity index (χ0n) is 15.8. The second kappa shape index (κ2) is 7.54. The van der Waals surface area contributed by atoms with E-state index in [4.69, 9.17) is 13.9 Å². The smallest absolute Gasteiger partial charge is 0.266 e. The van der Waals surface area contributed by atoms with Gasteiger partial charge in [0.2, 0.25) is 18.6 Å². The molecule has 29 heavy (non-hydrogen) atoms. The van der Waals surface area contributed by atoms with Gasteiger partial charge in [-0.2, -0.15) is 0 Å². The van der Waals surface area contributed by atoms with E-state index in [2.05, 4.69) is 15.2 Å². The Kier molecular flexibility index (Phi) is 4.59. The molecule has 1 atom stereocenters. The largest absolute Gasteiger partial charge is 0.454 e. The molecule has 148 valence electrons. The van der Waals surface area contributed by atoms with Crippen molar-refractivity contribution >= 4 is 5.91 Å². The lowest BCUT2D eigenvalue weighted by atomic mass is 9.97. The maximum absolute atomic E-state index is 12.8. The Hall–Kier alpha value is -3.42. The molecule has 0 unspecified atom stereocenters. The molecule has 2 aromatic heterocycles. The summed E-state index contributed by atoms with van der Waals surface area (Å²) >= 11 is 0. The molecule has 1 amide bonds. The summed E-state index contributed by atoms with van der Waals surface area (Å²) in [5.74, 6) is 2.50. The number of piperidine rings is 1. The topological polar surface area (TPSA) is 90.6 Å². The van der Waals surface area contributed by atoms with E-state index in [1.54, 1.807) is 6.20 Å². The molecule has 8 heteroatoms. The van der Waals surface area contributed by atoms with E-state index >= 15 is 0 Å². The minimum Gasteiger partial charge on any atom is -0.454 e. The summed E-state index contributed by atoms with van der Waals surface area (Å²) in [5, 5.41) is 8.33. The van der Waals surface area contributed by atoms with Gasteiger partial charge in [0.05, 0.1) is 12.3 Å². The number of amides is 1. The van der Waals surface area contributed by atoms with Gasteiger partial charge in [0.25, 0.3) is 5.89 Å². The first-order chi connectivity index (χ1) is 14.3. The Bertz CT molecular complexity index is 1020. The molecular weight excluding hydrogens is 372 g/mol. The third-order valence-electron chi connectivity index (χ3n) is 5.24. The van der Waals surface area contributed by atoms with Crippen LogP contribution in [0.25, 0.3) is 11.6 Å². The monoisotopic (exact) mass is 392 g/mol. The number of hydrogen-bond acceptors (Lipinski definition) is 7. The number of rotatable bonds is 4. The van der Waals surface area contributed by atoms with Crippen molar-refractivity contribution in [2.75, 3.05) is 19.9 Å². The zero-order chi connectivity index (χ0) is 19.6. The highest BCUT2D eigenvalue weighted by Gasteiger charge is 2.29. The summed E-state index contributed by atoms with van der Waals surface area (Å²) in [4.78, 5) is 19.0. The molecule has 0 saturated carbocycles. The number of carbonyl (C=O) groups excluding carboxylic acids is 1. The average Bonchev–Trinajstić information content (AvgIpc) is 3.44. The molecule has 3 aromatic rings. The number of nitrogens with zero attached hydrogens (tertiary/aromatic N) is 4. The van der Waals surface area contributed by atoms with Gasteiger partial charge < -0.3 is 18.8 Å². The van der Waals surface area contributed by atoms with Gasteiger partial charge in [-0.1, -0.05) is 12.1 Å². The van der Waals surface area contributed by atoms with Gasteiger partial charge >= 0.3 is 0 Å². The minimum absolute atomic E-state index is 0.0365. The van der Waals surface area contributed by atoms with E-state index in [-0.39, 0.29) is 18.6 Å². The van der Waals surface area contributed by atoms with Crippen LogP contribution in [0.15, 0.2) is 47.0 Å². The molecule has 4 heterocycles. The highest BCUT2D eigenvalue weighted by Crippen LogP contribution is 2.33. The van der Waals surface area contributed by atoms with Gasteiger partial charge in [0.15, 0.2) is 11.5 Å². The first-order valence-electron chi connectivity index (χ1n) is 9.67. The molecule has 2 aliphatic rings. The predicted octanol–water partition coefficient (Wildman–Crippen LogP) is 2.81. The number of pyridine rings is 1. The van der Waals surface area contributed by atoms with Crippen LogP contribution < -0.4 is 9.47 Å². The summed E-state index contributed by atoms with van der Waals surface area (Å²) in [6.45, 7) is 1.54. The van der Waals surface area contributed by atoms with Crippen molar-refractivity contribution in [3.8, 4) is 23.1 Å². The maximum Gasteiger partial charge on any atom is 0.266 e. The van der Waals surface area contributed by atoms with E-state index in [0.29, 0.717) is 36.2 Å². The molecule has 2 aliphatic heterocycles. The van der Waals surface area contributed by atoms with Crippen LogP contribution in [0.5, 0.6) is 11.5 Å². The summed E-state index contributed by atoms with van der Waals surface area (Å²) < 4.78 is 16.6. The highest BCUT2D eigenvalue weighted by molar-refractivity contribution is 5.79. The molecule has 5 rings (SSSR count). The fourth-order valence-corrected chi connectivity index (χ4v) is 3.73. The molecule has 0 N–H and O–H groups in total. The van der Waals surface area contributed by atoms with Gasteiger partial charge in [0.1, 0.15) is 5.69 Å². The van der Waals surface area contributed by atoms with Crippen LogP contribution >= 0.6 is 0 Å². The van der Waals surface area contributed by atoms with E-state index in [0.717, 1.165) is 30.7 Å². The van der Waals surface area contributed by atoms with Crippen molar-refractivity contribution in [2.24, 2.45) is 0 Å². The van der Waals surface area contributed by atoms with Crippen LogP contribution in [0, 0.1) is 0 Å². The van der Waals surface area contributed by atoms with E-state index < -0.39 is 0 Å². The summed E-state index contributed by atoms with van der Waals surface area (Å²) in [6.07, 6.45) is 3.83. The number of ether oxygens (including phenoxy) is 2. The highest BCUT2D eigenvalue weighted by atomic mass is 16.7. The van der Waals surface area contributed by atoms with Crippen LogP contribution in [-0.4, -0.2) is 45.9 Å². The fourth-order valence-electron chi connectivity index (χ4n) is 3.73. The van der Waals surface area contributed by atoms with Gasteiger partial charge in [0, 0.05) is 19.3 Å². The van der Waals surface area contributed by atoms with E-state index in [1.807, 2.05) is 41.3 Å². The van der Waals surface area contributed by atoms with Gasteiger partial charge in [-0.3, -0.25) is 9.78 Å². The predicted molar refractivity (Wildman–Crippen MR) is 102 cm³/mol. The van der Waals surface area contributed by atoms with Crippen molar-refractivity contribution in [1.29, 1.82) is 0 Å². The number of benzene rings is 1. The first-order valence-corrected chi connectivity index (χ1v) is 9.67. The van der Waals surface area contributed by atoms with Crippen LogP contribution in [-0.2, 0) is 11.2 Å².